The molecule has 4 heteroatoms. The maximum absolute atomic E-state index is 11.1. The molecule has 1 heterocycles. The lowest BCUT2D eigenvalue weighted by atomic mass is 10.3. The van der Waals surface area contributed by atoms with Crippen molar-refractivity contribution in [1.82, 2.24) is 4.90 Å². The van der Waals surface area contributed by atoms with Crippen LogP contribution in [0, 0.1) is 0 Å². The van der Waals surface area contributed by atoms with Gasteiger partial charge in [0.2, 0.25) is 5.91 Å². The van der Waals surface area contributed by atoms with E-state index < -0.39 is 0 Å². The van der Waals surface area contributed by atoms with E-state index in [0.29, 0.717) is 12.2 Å². The van der Waals surface area contributed by atoms with Gasteiger partial charge in [-0.3, -0.25) is 4.79 Å². The molecule has 2 rings (SSSR count). The first-order valence-electron chi connectivity index (χ1n) is 5.43. The quantitative estimate of drug-likeness (QED) is 0.763. The largest absolute Gasteiger partial charge is 0.488 e. The number of carbonyl (C=O) groups excluding carboxylic acids is 1. The highest BCUT2D eigenvalue weighted by atomic mass is 16.5. The van der Waals surface area contributed by atoms with Gasteiger partial charge in [-0.05, 0) is 12.1 Å². The van der Waals surface area contributed by atoms with E-state index in [9.17, 15) is 4.79 Å². The molecule has 1 amide bonds. The van der Waals surface area contributed by atoms with Crippen molar-refractivity contribution >= 4 is 11.6 Å². The summed E-state index contributed by atoms with van der Waals surface area (Å²) in [5.41, 5.74) is 6.36. The Morgan fingerprint density at radius 1 is 1.56 bits per heavy atom. The Morgan fingerprint density at radius 3 is 3.00 bits per heavy atom. The van der Waals surface area contributed by atoms with Crippen molar-refractivity contribution in [3.63, 3.8) is 0 Å². The number of benzene rings is 1. The van der Waals surface area contributed by atoms with Gasteiger partial charge >= 0.3 is 0 Å². The average molecular weight is 220 g/mol. The summed E-state index contributed by atoms with van der Waals surface area (Å²) in [7, 11) is 0. The molecule has 1 unspecified atom stereocenters. The van der Waals surface area contributed by atoms with Crippen LogP contribution in [0.1, 0.15) is 13.3 Å². The third kappa shape index (κ3) is 2.45. The number of carbonyl (C=O) groups is 1. The molecule has 0 aliphatic carbocycles. The van der Waals surface area contributed by atoms with Gasteiger partial charge in [-0.15, -0.1) is 0 Å². The van der Waals surface area contributed by atoms with Gasteiger partial charge in [0.15, 0.2) is 0 Å². The lowest BCUT2D eigenvalue weighted by Gasteiger charge is -2.15. The van der Waals surface area contributed by atoms with Crippen molar-refractivity contribution in [2.75, 3.05) is 18.8 Å². The minimum absolute atomic E-state index is 0.0886. The van der Waals surface area contributed by atoms with Gasteiger partial charge in [0.25, 0.3) is 0 Å². The number of hydrogen-bond acceptors (Lipinski definition) is 3. The fraction of sp³-hybridized carbons (Fsp3) is 0.417. The number of nitrogen functional groups attached to an aromatic ring is 1. The molecule has 16 heavy (non-hydrogen) atoms. The van der Waals surface area contributed by atoms with E-state index in [-0.39, 0.29) is 12.0 Å². The zero-order valence-corrected chi connectivity index (χ0v) is 9.35. The number of rotatable bonds is 2. The first-order valence-corrected chi connectivity index (χ1v) is 5.43. The third-order valence-corrected chi connectivity index (χ3v) is 2.75. The van der Waals surface area contributed by atoms with Gasteiger partial charge in [0, 0.05) is 31.6 Å². The summed E-state index contributed by atoms with van der Waals surface area (Å²) < 4.78 is 5.76. The van der Waals surface area contributed by atoms with Crippen LogP contribution < -0.4 is 10.5 Å². The number of amides is 1. The molecule has 2 N–H and O–H groups in total. The minimum Gasteiger partial charge on any atom is -0.488 e. The molecule has 1 fully saturated rings. The van der Waals surface area contributed by atoms with Crippen LogP contribution in [-0.4, -0.2) is 30.0 Å². The van der Waals surface area contributed by atoms with E-state index in [1.807, 2.05) is 18.2 Å². The molecule has 1 aliphatic rings. The SMILES string of the molecule is CC(=O)N1CCC(Oc2cccc(N)c2)C1. The number of ether oxygens (including phenoxy) is 1. The standard InChI is InChI=1S/C12H16N2O2/c1-9(15)14-6-5-12(8-14)16-11-4-2-3-10(13)7-11/h2-4,7,12H,5-6,8,13H2,1H3. The highest BCUT2D eigenvalue weighted by Gasteiger charge is 2.25. The summed E-state index contributed by atoms with van der Waals surface area (Å²) >= 11 is 0. The van der Waals surface area contributed by atoms with Crippen LogP contribution in [0.4, 0.5) is 5.69 Å². The van der Waals surface area contributed by atoms with Gasteiger partial charge in [-0.2, -0.15) is 0 Å². The minimum atomic E-state index is 0.0886. The Hall–Kier alpha value is -1.71. The van der Waals surface area contributed by atoms with Crippen molar-refractivity contribution in [2.24, 2.45) is 0 Å². The fourth-order valence-electron chi connectivity index (χ4n) is 1.89. The summed E-state index contributed by atoms with van der Waals surface area (Å²) in [5, 5.41) is 0. The molecule has 4 nitrogen and oxygen atoms in total. The van der Waals surface area contributed by atoms with E-state index >= 15 is 0 Å². The predicted octanol–water partition coefficient (Wildman–Crippen LogP) is 1.27. The molecule has 0 radical (unpaired) electrons. The zero-order chi connectivity index (χ0) is 11.5. The molecule has 1 aliphatic heterocycles. The van der Waals surface area contributed by atoms with E-state index in [1.54, 1.807) is 17.9 Å². The number of anilines is 1. The second-order valence-electron chi connectivity index (χ2n) is 4.07. The molecule has 1 aromatic carbocycles. The molecule has 0 aromatic heterocycles. The van der Waals surface area contributed by atoms with Crippen molar-refractivity contribution < 1.29 is 9.53 Å². The van der Waals surface area contributed by atoms with Crippen LogP contribution in [0.15, 0.2) is 24.3 Å². The Kier molecular flexibility index (Phi) is 2.99. The van der Waals surface area contributed by atoms with E-state index in [0.717, 1.165) is 18.7 Å². The Balaban J connectivity index is 1.94. The average Bonchev–Trinajstić information content (AvgIpc) is 2.66. The van der Waals surface area contributed by atoms with E-state index in [2.05, 4.69) is 0 Å². The second-order valence-corrected chi connectivity index (χ2v) is 4.07. The van der Waals surface area contributed by atoms with Crippen LogP contribution >= 0.6 is 0 Å². The molecular weight excluding hydrogens is 204 g/mol. The molecule has 1 aromatic rings. The molecule has 0 bridgehead atoms. The Labute approximate surface area is 95.0 Å². The molecule has 1 saturated heterocycles. The van der Waals surface area contributed by atoms with Crippen LogP contribution in [0.3, 0.4) is 0 Å². The fourth-order valence-corrected chi connectivity index (χ4v) is 1.89. The van der Waals surface area contributed by atoms with Crippen LogP contribution in [0.5, 0.6) is 5.75 Å². The third-order valence-electron chi connectivity index (χ3n) is 2.75. The highest BCUT2D eigenvalue weighted by molar-refractivity contribution is 5.73. The maximum Gasteiger partial charge on any atom is 0.219 e. The summed E-state index contributed by atoms with van der Waals surface area (Å²) in [6.45, 7) is 3.04. The normalized spacial score (nSPS) is 19.8. The van der Waals surface area contributed by atoms with Crippen molar-refractivity contribution in [3.05, 3.63) is 24.3 Å². The van der Waals surface area contributed by atoms with Gasteiger partial charge in [-0.1, -0.05) is 6.07 Å². The lowest BCUT2D eigenvalue weighted by molar-refractivity contribution is -0.128. The second kappa shape index (κ2) is 4.43. The number of hydrogen-bond donors (Lipinski definition) is 1. The first kappa shape index (κ1) is 10.8. The molecule has 0 saturated carbocycles. The number of nitrogens with two attached hydrogens (primary N) is 1. The van der Waals surface area contributed by atoms with Crippen LogP contribution in [0.2, 0.25) is 0 Å². The van der Waals surface area contributed by atoms with Gasteiger partial charge in [-0.25, -0.2) is 0 Å². The van der Waals surface area contributed by atoms with Crippen molar-refractivity contribution in [2.45, 2.75) is 19.4 Å². The maximum atomic E-state index is 11.1. The summed E-state index contributed by atoms with van der Waals surface area (Å²) in [4.78, 5) is 13.0. The van der Waals surface area contributed by atoms with Crippen molar-refractivity contribution in [1.29, 1.82) is 0 Å². The lowest BCUT2D eigenvalue weighted by Crippen LogP contribution is -2.28. The number of likely N-dealkylation sites (tertiary alicyclic amines) is 1. The number of nitrogens with zero attached hydrogens (tertiary/aromatic N) is 1. The van der Waals surface area contributed by atoms with Crippen molar-refractivity contribution in [3.8, 4) is 5.75 Å². The van der Waals surface area contributed by atoms with E-state index in [1.165, 1.54) is 0 Å². The molecular formula is C12H16N2O2. The predicted molar refractivity (Wildman–Crippen MR) is 62.1 cm³/mol. The van der Waals surface area contributed by atoms with Crippen LogP contribution in [-0.2, 0) is 4.79 Å². The van der Waals surface area contributed by atoms with E-state index in [4.69, 9.17) is 10.5 Å². The monoisotopic (exact) mass is 220 g/mol. The summed E-state index contributed by atoms with van der Waals surface area (Å²) in [6, 6.07) is 7.37. The highest BCUT2D eigenvalue weighted by Crippen LogP contribution is 2.20. The van der Waals surface area contributed by atoms with Gasteiger partial charge < -0.3 is 15.4 Å². The smallest absolute Gasteiger partial charge is 0.219 e. The topological polar surface area (TPSA) is 55.6 Å². The summed E-state index contributed by atoms with van der Waals surface area (Å²) in [6.07, 6.45) is 0.972. The summed E-state index contributed by atoms with van der Waals surface area (Å²) in [5.74, 6) is 0.883. The molecule has 86 valence electrons. The Bertz CT molecular complexity index is 392. The first-order chi connectivity index (χ1) is 7.65. The zero-order valence-electron chi connectivity index (χ0n) is 9.35. The molecule has 0 spiro atoms. The van der Waals surface area contributed by atoms with Crippen LogP contribution in [0.25, 0.3) is 0 Å². The van der Waals surface area contributed by atoms with Gasteiger partial charge in [0.05, 0.1) is 6.54 Å². The van der Waals surface area contributed by atoms with Gasteiger partial charge in [0.1, 0.15) is 11.9 Å². The molecule has 1 atom stereocenters. The Morgan fingerprint density at radius 2 is 2.38 bits per heavy atom.